The number of carbonyl (C=O) groups excluding carboxylic acids is 1. The molecule has 0 bridgehead atoms. The summed E-state index contributed by atoms with van der Waals surface area (Å²) in [7, 11) is 0. The zero-order valence-electron chi connectivity index (χ0n) is 9.13. The van der Waals surface area contributed by atoms with Gasteiger partial charge in [0.2, 0.25) is 5.91 Å². The van der Waals surface area contributed by atoms with E-state index in [0.717, 1.165) is 19.4 Å². The van der Waals surface area contributed by atoms with Crippen molar-refractivity contribution in [2.24, 2.45) is 0 Å². The summed E-state index contributed by atoms with van der Waals surface area (Å²) in [6, 6.07) is 0.447. The number of halogens is 1. The highest BCUT2D eigenvalue weighted by atomic mass is 35.5. The summed E-state index contributed by atoms with van der Waals surface area (Å²) in [4.78, 5) is 13.7. The number of carbonyl (C=O) groups is 1. The van der Waals surface area contributed by atoms with Crippen molar-refractivity contribution >= 4 is 17.5 Å². The van der Waals surface area contributed by atoms with Gasteiger partial charge in [-0.3, -0.25) is 4.79 Å². The molecule has 0 radical (unpaired) electrons. The van der Waals surface area contributed by atoms with Crippen LogP contribution in [0.25, 0.3) is 0 Å². The number of hydrogen-bond donors (Lipinski definition) is 0. The first-order valence-corrected chi connectivity index (χ1v) is 6.05. The normalized spacial score (nSPS) is 20.5. The van der Waals surface area contributed by atoms with E-state index >= 15 is 0 Å². The summed E-state index contributed by atoms with van der Waals surface area (Å²) in [6.07, 6.45) is 6.14. The van der Waals surface area contributed by atoms with E-state index in [-0.39, 0.29) is 11.3 Å². The van der Waals surface area contributed by atoms with Gasteiger partial charge in [0.15, 0.2) is 0 Å². The van der Waals surface area contributed by atoms with Crippen LogP contribution < -0.4 is 0 Å². The van der Waals surface area contributed by atoms with E-state index in [9.17, 15) is 4.79 Å². The van der Waals surface area contributed by atoms with Crippen molar-refractivity contribution in [3.63, 3.8) is 0 Å². The topological polar surface area (TPSA) is 20.3 Å². The van der Waals surface area contributed by atoms with Crippen LogP contribution in [0.15, 0.2) is 0 Å². The van der Waals surface area contributed by atoms with Crippen LogP contribution in [0, 0.1) is 0 Å². The molecule has 2 nitrogen and oxygen atoms in total. The first-order valence-electron chi connectivity index (χ1n) is 5.61. The second kappa shape index (κ2) is 5.59. The molecular weight excluding hydrogens is 198 g/mol. The van der Waals surface area contributed by atoms with E-state index in [1.165, 1.54) is 19.3 Å². The molecule has 82 valence electrons. The highest BCUT2D eigenvalue weighted by Crippen LogP contribution is 2.23. The van der Waals surface area contributed by atoms with Gasteiger partial charge in [-0.1, -0.05) is 19.3 Å². The maximum Gasteiger partial charge on any atom is 0.240 e. The van der Waals surface area contributed by atoms with E-state index < -0.39 is 0 Å². The lowest BCUT2D eigenvalue weighted by molar-refractivity contribution is -0.133. The molecule has 0 unspecified atom stereocenters. The van der Waals surface area contributed by atoms with Crippen LogP contribution in [-0.4, -0.2) is 28.8 Å². The lowest BCUT2D eigenvalue weighted by atomic mass is 9.94. The number of amides is 1. The van der Waals surface area contributed by atoms with Gasteiger partial charge in [0.1, 0.15) is 5.38 Å². The zero-order valence-corrected chi connectivity index (χ0v) is 9.89. The minimum Gasteiger partial charge on any atom is -0.339 e. The number of rotatable bonds is 3. The van der Waals surface area contributed by atoms with E-state index in [4.69, 9.17) is 11.6 Å². The molecule has 0 saturated heterocycles. The van der Waals surface area contributed by atoms with E-state index in [0.29, 0.717) is 6.04 Å². The van der Waals surface area contributed by atoms with Crippen LogP contribution in [0.2, 0.25) is 0 Å². The molecule has 1 aliphatic rings. The second-order valence-electron chi connectivity index (χ2n) is 4.03. The van der Waals surface area contributed by atoms with Crippen LogP contribution >= 0.6 is 11.6 Å². The molecule has 0 aromatic rings. The third kappa shape index (κ3) is 2.88. The van der Waals surface area contributed by atoms with Gasteiger partial charge in [0.05, 0.1) is 0 Å². The van der Waals surface area contributed by atoms with Crippen molar-refractivity contribution in [3.05, 3.63) is 0 Å². The lowest BCUT2D eigenvalue weighted by Gasteiger charge is -2.34. The Kier molecular flexibility index (Phi) is 4.73. The molecule has 1 amide bonds. The Bertz CT molecular complexity index is 188. The maximum atomic E-state index is 11.8. The minimum absolute atomic E-state index is 0.0982. The molecule has 1 fully saturated rings. The summed E-state index contributed by atoms with van der Waals surface area (Å²) in [5, 5.41) is -0.378. The van der Waals surface area contributed by atoms with Crippen molar-refractivity contribution in [2.75, 3.05) is 6.54 Å². The Morgan fingerprint density at radius 1 is 1.43 bits per heavy atom. The van der Waals surface area contributed by atoms with Crippen LogP contribution in [-0.2, 0) is 4.79 Å². The second-order valence-corrected chi connectivity index (χ2v) is 4.69. The Labute approximate surface area is 91.6 Å². The van der Waals surface area contributed by atoms with E-state index in [1.807, 2.05) is 11.8 Å². The summed E-state index contributed by atoms with van der Waals surface area (Å²) in [5.74, 6) is 0.0982. The molecule has 1 rings (SSSR count). The third-order valence-corrected chi connectivity index (χ3v) is 3.17. The standard InChI is InChI=1S/C11H20ClNO/c1-3-13(11(14)9(2)12)10-7-5-4-6-8-10/h9-10H,3-8H2,1-2H3/t9-/m1/s1. The van der Waals surface area contributed by atoms with Gasteiger partial charge in [-0.25, -0.2) is 0 Å². The molecule has 0 spiro atoms. The zero-order chi connectivity index (χ0) is 10.6. The Morgan fingerprint density at radius 3 is 2.43 bits per heavy atom. The van der Waals surface area contributed by atoms with Gasteiger partial charge in [0, 0.05) is 12.6 Å². The van der Waals surface area contributed by atoms with Gasteiger partial charge in [-0.2, -0.15) is 0 Å². The van der Waals surface area contributed by atoms with Crippen molar-refractivity contribution in [3.8, 4) is 0 Å². The molecule has 1 atom stereocenters. The van der Waals surface area contributed by atoms with Crippen LogP contribution in [0.4, 0.5) is 0 Å². The first-order chi connectivity index (χ1) is 6.66. The Hall–Kier alpha value is -0.240. The van der Waals surface area contributed by atoms with Crippen LogP contribution in [0.3, 0.4) is 0 Å². The molecule has 0 N–H and O–H groups in total. The van der Waals surface area contributed by atoms with Crippen molar-refractivity contribution in [1.29, 1.82) is 0 Å². The van der Waals surface area contributed by atoms with Gasteiger partial charge < -0.3 is 4.90 Å². The number of alkyl halides is 1. The predicted octanol–water partition coefficient (Wildman–Crippen LogP) is 2.79. The number of hydrogen-bond acceptors (Lipinski definition) is 1. The SMILES string of the molecule is CCN(C(=O)[C@@H](C)Cl)C1CCCCC1. The van der Waals surface area contributed by atoms with Crippen molar-refractivity contribution in [2.45, 2.75) is 57.4 Å². The van der Waals surface area contributed by atoms with Crippen molar-refractivity contribution in [1.82, 2.24) is 4.90 Å². The summed E-state index contributed by atoms with van der Waals surface area (Å²) in [5.41, 5.74) is 0. The molecule has 1 saturated carbocycles. The third-order valence-electron chi connectivity index (χ3n) is 2.98. The largest absolute Gasteiger partial charge is 0.339 e. The summed E-state index contributed by atoms with van der Waals surface area (Å²) in [6.45, 7) is 4.59. The number of nitrogens with zero attached hydrogens (tertiary/aromatic N) is 1. The minimum atomic E-state index is -0.378. The monoisotopic (exact) mass is 217 g/mol. The molecule has 3 heteroatoms. The molecular formula is C11H20ClNO. The molecule has 1 aliphatic carbocycles. The highest BCUT2D eigenvalue weighted by Gasteiger charge is 2.26. The van der Waals surface area contributed by atoms with Crippen LogP contribution in [0.5, 0.6) is 0 Å². The van der Waals surface area contributed by atoms with Gasteiger partial charge in [0.25, 0.3) is 0 Å². The highest BCUT2D eigenvalue weighted by molar-refractivity contribution is 6.30. The molecule has 0 aromatic carbocycles. The Morgan fingerprint density at radius 2 is 2.00 bits per heavy atom. The lowest BCUT2D eigenvalue weighted by Crippen LogP contribution is -2.44. The summed E-state index contributed by atoms with van der Waals surface area (Å²) >= 11 is 5.83. The maximum absolute atomic E-state index is 11.8. The fourth-order valence-electron chi connectivity index (χ4n) is 2.22. The average molecular weight is 218 g/mol. The Balaban J connectivity index is 2.55. The average Bonchev–Trinajstić information content (AvgIpc) is 2.20. The molecule has 14 heavy (non-hydrogen) atoms. The van der Waals surface area contributed by atoms with Gasteiger partial charge in [-0.05, 0) is 26.7 Å². The van der Waals surface area contributed by atoms with Crippen LogP contribution in [0.1, 0.15) is 46.0 Å². The predicted molar refractivity (Wildman–Crippen MR) is 59.6 cm³/mol. The fourth-order valence-corrected chi connectivity index (χ4v) is 2.34. The first kappa shape index (κ1) is 11.8. The molecule has 0 aromatic heterocycles. The molecule has 0 heterocycles. The van der Waals surface area contributed by atoms with Gasteiger partial charge >= 0.3 is 0 Å². The smallest absolute Gasteiger partial charge is 0.240 e. The quantitative estimate of drug-likeness (QED) is 0.666. The van der Waals surface area contributed by atoms with E-state index in [2.05, 4.69) is 0 Å². The van der Waals surface area contributed by atoms with E-state index in [1.54, 1.807) is 6.92 Å². The van der Waals surface area contributed by atoms with Crippen molar-refractivity contribution < 1.29 is 4.79 Å². The van der Waals surface area contributed by atoms with Gasteiger partial charge in [-0.15, -0.1) is 11.6 Å². The summed E-state index contributed by atoms with van der Waals surface area (Å²) < 4.78 is 0. The molecule has 0 aliphatic heterocycles. The fraction of sp³-hybridized carbons (Fsp3) is 0.909.